The second-order valence-electron chi connectivity index (χ2n) is 7.53. The van der Waals surface area contributed by atoms with Gasteiger partial charge in [-0.1, -0.05) is 30.3 Å². The number of fused-ring (bicyclic) bond motifs is 1. The Kier molecular flexibility index (Phi) is 8.05. The van der Waals surface area contributed by atoms with Crippen LogP contribution in [0.2, 0.25) is 0 Å². The van der Waals surface area contributed by atoms with Crippen molar-refractivity contribution < 1.29 is 23.1 Å². The van der Waals surface area contributed by atoms with Gasteiger partial charge in [0.15, 0.2) is 0 Å². The number of alkyl halides is 3. The molecule has 10 heteroatoms. The summed E-state index contributed by atoms with van der Waals surface area (Å²) < 4.78 is 33.5. The Labute approximate surface area is 189 Å². The number of nitrogens with zero attached hydrogens (tertiary/aromatic N) is 4. The molecule has 0 spiro atoms. The van der Waals surface area contributed by atoms with Gasteiger partial charge in [0.25, 0.3) is 0 Å². The van der Waals surface area contributed by atoms with Crippen molar-refractivity contribution in [1.82, 2.24) is 20.1 Å². The molecule has 1 unspecified atom stereocenters. The fraction of sp³-hybridized carbons (Fsp3) is 0.348. The minimum Gasteiger partial charge on any atom is -0.475 e. The van der Waals surface area contributed by atoms with Crippen LogP contribution < -0.4 is 10.2 Å². The Morgan fingerprint density at radius 2 is 1.97 bits per heavy atom. The molecular weight excluding hydrogens is 435 g/mol. The van der Waals surface area contributed by atoms with Gasteiger partial charge in [0.2, 0.25) is 0 Å². The summed E-state index contributed by atoms with van der Waals surface area (Å²) >= 11 is 0. The Bertz CT molecular complexity index is 1040. The van der Waals surface area contributed by atoms with Gasteiger partial charge in [-0.25, -0.2) is 14.5 Å². The number of benzene rings is 2. The number of aliphatic carboxylic acids is 1. The summed E-state index contributed by atoms with van der Waals surface area (Å²) in [5, 5.41) is 15.1. The number of carbonyl (C=O) groups is 1. The number of hydrogen-bond acceptors (Lipinski definition) is 5. The van der Waals surface area contributed by atoms with Crippen LogP contribution in [0.3, 0.4) is 0 Å². The smallest absolute Gasteiger partial charge is 0.475 e. The first-order valence-corrected chi connectivity index (χ1v) is 10.6. The van der Waals surface area contributed by atoms with Gasteiger partial charge in [-0.3, -0.25) is 0 Å². The minimum atomic E-state index is -5.08. The van der Waals surface area contributed by atoms with E-state index in [1.165, 1.54) is 23.2 Å². The SMILES string of the molecule is CCN1CCCC(NCc2cccc(-n3cncn3)c2)c2ccccc21.O=C(O)C(F)(F)F. The second-order valence-corrected chi connectivity index (χ2v) is 7.53. The Morgan fingerprint density at radius 1 is 1.21 bits per heavy atom. The molecule has 1 atom stereocenters. The van der Waals surface area contributed by atoms with Crippen LogP contribution in [0.5, 0.6) is 0 Å². The zero-order valence-corrected chi connectivity index (χ0v) is 18.2. The Balaban J connectivity index is 0.000000383. The topological polar surface area (TPSA) is 83.3 Å². The van der Waals surface area contributed by atoms with Gasteiger partial charge in [-0.15, -0.1) is 0 Å². The lowest BCUT2D eigenvalue weighted by molar-refractivity contribution is -0.192. The van der Waals surface area contributed by atoms with Crippen LogP contribution >= 0.6 is 0 Å². The standard InChI is InChI=1S/C21H25N5.C2HF3O2/c1-2-25-12-6-10-20(19-9-3-4-11-21(19)25)23-14-17-7-5-8-18(13-17)26-16-22-15-24-26;3-2(4,5)1(6)7/h3-5,7-9,11,13,15-16,20,23H,2,6,10,12,14H2,1H3;(H,6,7). The summed E-state index contributed by atoms with van der Waals surface area (Å²) in [6.45, 7) is 5.27. The number of para-hydroxylation sites is 1. The molecule has 0 amide bonds. The lowest BCUT2D eigenvalue weighted by Crippen LogP contribution is -2.24. The Morgan fingerprint density at radius 3 is 2.64 bits per heavy atom. The second kappa shape index (κ2) is 11.0. The molecule has 0 fully saturated rings. The van der Waals surface area contributed by atoms with Gasteiger partial charge in [0.1, 0.15) is 12.7 Å². The molecule has 1 aliphatic rings. The molecule has 2 aromatic carbocycles. The first kappa shape index (κ1) is 24.2. The third-order valence-electron chi connectivity index (χ3n) is 5.34. The van der Waals surface area contributed by atoms with E-state index >= 15 is 0 Å². The van der Waals surface area contributed by atoms with Gasteiger partial charge in [0, 0.05) is 31.4 Å². The first-order chi connectivity index (χ1) is 15.8. The van der Waals surface area contributed by atoms with Gasteiger partial charge < -0.3 is 15.3 Å². The highest BCUT2D eigenvalue weighted by Gasteiger charge is 2.38. The summed E-state index contributed by atoms with van der Waals surface area (Å²) in [6, 6.07) is 17.7. The quantitative estimate of drug-likeness (QED) is 0.588. The number of carboxylic acid groups (broad SMARTS) is 1. The summed E-state index contributed by atoms with van der Waals surface area (Å²) in [5.41, 5.74) is 5.09. The number of nitrogens with one attached hydrogen (secondary N) is 1. The molecular formula is C23H26F3N5O2. The summed E-state index contributed by atoms with van der Waals surface area (Å²) in [5.74, 6) is -2.76. The molecule has 2 heterocycles. The van der Waals surface area contributed by atoms with E-state index in [4.69, 9.17) is 9.90 Å². The average Bonchev–Trinajstić information content (AvgIpc) is 3.28. The van der Waals surface area contributed by atoms with E-state index in [0.717, 1.165) is 31.7 Å². The fourth-order valence-electron chi connectivity index (χ4n) is 3.76. The van der Waals surface area contributed by atoms with Crippen molar-refractivity contribution in [1.29, 1.82) is 0 Å². The molecule has 4 rings (SSSR count). The van der Waals surface area contributed by atoms with Gasteiger partial charge in [-0.05, 0) is 49.1 Å². The molecule has 2 N–H and O–H groups in total. The summed E-state index contributed by atoms with van der Waals surface area (Å²) in [4.78, 5) is 15.4. The van der Waals surface area contributed by atoms with E-state index < -0.39 is 12.1 Å². The largest absolute Gasteiger partial charge is 0.490 e. The van der Waals surface area contributed by atoms with Crippen molar-refractivity contribution in [2.75, 3.05) is 18.0 Å². The number of anilines is 1. The molecule has 0 radical (unpaired) electrons. The molecule has 1 aromatic heterocycles. The van der Waals surface area contributed by atoms with E-state index in [9.17, 15) is 13.2 Å². The van der Waals surface area contributed by atoms with Crippen LogP contribution in [0.1, 0.15) is 36.9 Å². The molecule has 176 valence electrons. The maximum atomic E-state index is 10.6. The molecule has 0 saturated carbocycles. The number of aromatic nitrogens is 3. The number of hydrogen-bond donors (Lipinski definition) is 2. The lowest BCUT2D eigenvalue weighted by atomic mass is 10.0. The normalized spacial score (nSPS) is 15.8. The van der Waals surface area contributed by atoms with E-state index in [1.54, 1.807) is 17.3 Å². The first-order valence-electron chi connectivity index (χ1n) is 10.6. The van der Waals surface area contributed by atoms with E-state index in [1.807, 2.05) is 0 Å². The predicted octanol–water partition coefficient (Wildman–Crippen LogP) is 4.35. The van der Waals surface area contributed by atoms with Gasteiger partial charge in [0.05, 0.1) is 5.69 Å². The minimum absolute atomic E-state index is 0.387. The molecule has 0 aliphatic carbocycles. The van der Waals surface area contributed by atoms with Crippen molar-refractivity contribution in [3.05, 3.63) is 72.3 Å². The average molecular weight is 461 g/mol. The molecule has 7 nitrogen and oxygen atoms in total. The van der Waals surface area contributed by atoms with Crippen LogP contribution in [0, 0.1) is 0 Å². The van der Waals surface area contributed by atoms with Crippen LogP contribution in [0.4, 0.5) is 18.9 Å². The summed E-state index contributed by atoms with van der Waals surface area (Å²) in [7, 11) is 0. The predicted molar refractivity (Wildman–Crippen MR) is 118 cm³/mol. The highest BCUT2D eigenvalue weighted by atomic mass is 19.4. The van der Waals surface area contributed by atoms with Crippen molar-refractivity contribution in [2.45, 2.75) is 38.5 Å². The van der Waals surface area contributed by atoms with Gasteiger partial charge in [-0.2, -0.15) is 18.3 Å². The van der Waals surface area contributed by atoms with E-state index in [2.05, 4.69) is 75.8 Å². The third kappa shape index (κ3) is 6.55. The van der Waals surface area contributed by atoms with Gasteiger partial charge >= 0.3 is 12.1 Å². The monoisotopic (exact) mass is 461 g/mol. The van der Waals surface area contributed by atoms with Crippen molar-refractivity contribution in [3.63, 3.8) is 0 Å². The zero-order chi connectivity index (χ0) is 23.8. The number of halogens is 3. The highest BCUT2D eigenvalue weighted by molar-refractivity contribution is 5.73. The van der Waals surface area contributed by atoms with Crippen molar-refractivity contribution >= 4 is 11.7 Å². The van der Waals surface area contributed by atoms with Crippen LogP contribution in [-0.4, -0.2) is 45.1 Å². The maximum Gasteiger partial charge on any atom is 0.490 e. The molecule has 1 aliphatic heterocycles. The van der Waals surface area contributed by atoms with Crippen molar-refractivity contribution in [3.8, 4) is 5.69 Å². The summed E-state index contributed by atoms with van der Waals surface area (Å²) in [6.07, 6.45) is 0.579. The lowest BCUT2D eigenvalue weighted by Gasteiger charge is -2.24. The zero-order valence-electron chi connectivity index (χ0n) is 18.2. The van der Waals surface area contributed by atoms with Crippen LogP contribution in [0.15, 0.2) is 61.2 Å². The Hall–Kier alpha value is -3.40. The fourth-order valence-corrected chi connectivity index (χ4v) is 3.76. The van der Waals surface area contributed by atoms with E-state index in [-0.39, 0.29) is 0 Å². The van der Waals surface area contributed by atoms with Crippen molar-refractivity contribution in [2.24, 2.45) is 0 Å². The molecule has 0 bridgehead atoms. The third-order valence-corrected chi connectivity index (χ3v) is 5.34. The number of carboxylic acids is 1. The van der Waals surface area contributed by atoms with E-state index in [0.29, 0.717) is 6.04 Å². The molecule has 3 aromatic rings. The number of rotatable bonds is 5. The maximum absolute atomic E-state index is 10.6. The van der Waals surface area contributed by atoms with Crippen LogP contribution in [0.25, 0.3) is 5.69 Å². The molecule has 33 heavy (non-hydrogen) atoms. The molecule has 0 saturated heterocycles. The highest BCUT2D eigenvalue weighted by Crippen LogP contribution is 2.32. The van der Waals surface area contributed by atoms with Crippen LogP contribution in [-0.2, 0) is 11.3 Å².